The van der Waals surface area contributed by atoms with Crippen LogP contribution in [-0.4, -0.2) is 69.2 Å². The van der Waals surface area contributed by atoms with E-state index in [1.54, 1.807) is 31.0 Å². The minimum atomic E-state index is -0.0988. The lowest BCUT2D eigenvalue weighted by Gasteiger charge is -2.24. The molecule has 3 rings (SSSR count). The van der Waals surface area contributed by atoms with E-state index in [9.17, 15) is 9.90 Å². The first-order chi connectivity index (χ1) is 10.6. The van der Waals surface area contributed by atoms with E-state index in [-0.39, 0.29) is 18.6 Å². The van der Waals surface area contributed by atoms with Crippen LogP contribution in [0, 0.1) is 0 Å². The van der Waals surface area contributed by atoms with Gasteiger partial charge in [-0.3, -0.25) is 9.69 Å². The summed E-state index contributed by atoms with van der Waals surface area (Å²) in [5.41, 5.74) is 2.12. The number of nitrogens with zero attached hydrogens (tertiary/aromatic N) is 5. The Morgan fingerprint density at radius 2 is 2.32 bits per heavy atom. The average molecular weight is 303 g/mol. The summed E-state index contributed by atoms with van der Waals surface area (Å²) in [6.07, 6.45) is 5.43. The highest BCUT2D eigenvalue weighted by atomic mass is 16.3. The van der Waals surface area contributed by atoms with E-state index < -0.39 is 0 Å². The van der Waals surface area contributed by atoms with Crippen molar-refractivity contribution in [3.05, 3.63) is 29.7 Å². The molecule has 2 aromatic heterocycles. The molecular formula is C15H21N5O2. The van der Waals surface area contributed by atoms with Gasteiger partial charge in [-0.25, -0.2) is 9.50 Å². The molecule has 0 bridgehead atoms. The van der Waals surface area contributed by atoms with Crippen molar-refractivity contribution in [2.24, 2.45) is 0 Å². The molecule has 118 valence electrons. The molecule has 1 fully saturated rings. The van der Waals surface area contributed by atoms with Gasteiger partial charge in [0.05, 0.1) is 24.5 Å². The smallest absolute Gasteiger partial charge is 0.258 e. The minimum Gasteiger partial charge on any atom is -0.395 e. The zero-order chi connectivity index (χ0) is 15.7. The number of carbonyl (C=O) groups is 1. The third-order valence-corrected chi connectivity index (χ3v) is 4.16. The maximum atomic E-state index is 12.2. The van der Waals surface area contributed by atoms with Crippen molar-refractivity contribution in [2.45, 2.75) is 18.9 Å². The molecule has 0 unspecified atom stereocenters. The Balaban J connectivity index is 2.03. The normalized spacial score (nSPS) is 19.0. The van der Waals surface area contributed by atoms with Crippen LogP contribution in [0.4, 0.5) is 0 Å². The molecule has 22 heavy (non-hydrogen) atoms. The maximum absolute atomic E-state index is 12.2. The summed E-state index contributed by atoms with van der Waals surface area (Å²) in [5.74, 6) is -0.0988. The van der Waals surface area contributed by atoms with Gasteiger partial charge in [0, 0.05) is 26.8 Å². The molecule has 1 saturated heterocycles. The Kier molecular flexibility index (Phi) is 4.08. The quantitative estimate of drug-likeness (QED) is 0.893. The summed E-state index contributed by atoms with van der Waals surface area (Å²) in [4.78, 5) is 20.3. The van der Waals surface area contributed by atoms with Gasteiger partial charge in [0.25, 0.3) is 5.91 Å². The van der Waals surface area contributed by atoms with E-state index in [0.29, 0.717) is 17.8 Å². The Bertz CT molecular complexity index is 682. The molecule has 0 radical (unpaired) electrons. The molecule has 2 aromatic rings. The molecule has 0 aliphatic carbocycles. The van der Waals surface area contributed by atoms with Gasteiger partial charge >= 0.3 is 0 Å². The Hall–Kier alpha value is -1.99. The van der Waals surface area contributed by atoms with Crippen molar-refractivity contribution in [3.63, 3.8) is 0 Å². The zero-order valence-electron chi connectivity index (χ0n) is 12.9. The van der Waals surface area contributed by atoms with E-state index in [0.717, 1.165) is 25.1 Å². The van der Waals surface area contributed by atoms with Crippen LogP contribution in [0.3, 0.4) is 0 Å². The van der Waals surface area contributed by atoms with Crippen LogP contribution in [0.5, 0.6) is 0 Å². The number of rotatable bonds is 4. The van der Waals surface area contributed by atoms with Gasteiger partial charge in [0.1, 0.15) is 5.56 Å². The maximum Gasteiger partial charge on any atom is 0.258 e. The molecule has 1 aliphatic rings. The first-order valence-corrected chi connectivity index (χ1v) is 7.52. The monoisotopic (exact) mass is 303 g/mol. The topological polar surface area (TPSA) is 74.0 Å². The molecule has 7 heteroatoms. The average Bonchev–Trinajstić information content (AvgIpc) is 3.13. The summed E-state index contributed by atoms with van der Waals surface area (Å²) < 4.78 is 1.76. The summed E-state index contributed by atoms with van der Waals surface area (Å²) in [6, 6.07) is 2.16. The van der Waals surface area contributed by atoms with E-state index in [4.69, 9.17) is 0 Å². The van der Waals surface area contributed by atoms with Gasteiger partial charge in [0.2, 0.25) is 0 Å². The molecule has 1 N–H and O–H groups in total. The lowest BCUT2D eigenvalue weighted by molar-refractivity contribution is 0.0829. The van der Waals surface area contributed by atoms with Crippen molar-refractivity contribution >= 4 is 11.6 Å². The van der Waals surface area contributed by atoms with E-state index in [1.165, 1.54) is 4.90 Å². The molecular weight excluding hydrogens is 282 g/mol. The summed E-state index contributed by atoms with van der Waals surface area (Å²) in [6.45, 7) is 1.77. The summed E-state index contributed by atoms with van der Waals surface area (Å²) >= 11 is 0. The number of aliphatic hydroxyl groups is 1. The van der Waals surface area contributed by atoms with Crippen molar-refractivity contribution in [3.8, 4) is 0 Å². The number of hydrogen-bond donors (Lipinski definition) is 1. The van der Waals surface area contributed by atoms with Crippen molar-refractivity contribution in [2.75, 3.05) is 33.8 Å². The summed E-state index contributed by atoms with van der Waals surface area (Å²) in [5, 5.41) is 13.6. The second kappa shape index (κ2) is 6.02. The third kappa shape index (κ3) is 2.46. The minimum absolute atomic E-state index is 0.0988. The molecule has 1 amide bonds. The van der Waals surface area contributed by atoms with Crippen molar-refractivity contribution < 1.29 is 9.90 Å². The Morgan fingerprint density at radius 3 is 3.05 bits per heavy atom. The van der Waals surface area contributed by atoms with Crippen LogP contribution in [0.1, 0.15) is 34.9 Å². The van der Waals surface area contributed by atoms with Gasteiger partial charge in [0.15, 0.2) is 5.65 Å². The van der Waals surface area contributed by atoms with Crippen LogP contribution in [0.2, 0.25) is 0 Å². The standard InChI is InChI=1S/C15H21N5O2/c1-18(2)15(22)11-10-17-20-13(5-6-16-14(11)20)12-4-3-7-19(12)8-9-21/h5-6,10,12,21H,3-4,7-9H2,1-2H3/t12-/m1/s1. The first kappa shape index (κ1) is 14.9. The molecule has 3 heterocycles. The third-order valence-electron chi connectivity index (χ3n) is 4.16. The van der Waals surface area contributed by atoms with Crippen LogP contribution in [0.25, 0.3) is 5.65 Å². The highest BCUT2D eigenvalue weighted by molar-refractivity contribution is 5.99. The van der Waals surface area contributed by atoms with Gasteiger partial charge < -0.3 is 10.0 Å². The van der Waals surface area contributed by atoms with Gasteiger partial charge in [-0.2, -0.15) is 5.10 Å². The number of β-amino-alcohol motifs (C(OH)–C–C–N with tert-alkyl or cyclic N) is 1. The predicted molar refractivity (Wildman–Crippen MR) is 81.6 cm³/mol. The van der Waals surface area contributed by atoms with Crippen molar-refractivity contribution in [1.82, 2.24) is 24.4 Å². The molecule has 0 aromatic carbocycles. The highest BCUT2D eigenvalue weighted by Gasteiger charge is 2.28. The molecule has 0 saturated carbocycles. The molecule has 7 nitrogen and oxygen atoms in total. The Labute approximate surface area is 129 Å². The van der Waals surface area contributed by atoms with E-state index in [1.807, 2.05) is 6.07 Å². The van der Waals surface area contributed by atoms with Gasteiger partial charge in [-0.05, 0) is 25.5 Å². The largest absolute Gasteiger partial charge is 0.395 e. The highest BCUT2D eigenvalue weighted by Crippen LogP contribution is 2.31. The first-order valence-electron chi connectivity index (χ1n) is 7.52. The van der Waals surface area contributed by atoms with Crippen molar-refractivity contribution in [1.29, 1.82) is 0 Å². The second-order valence-corrected chi connectivity index (χ2v) is 5.78. The number of likely N-dealkylation sites (tertiary alicyclic amines) is 1. The fourth-order valence-electron chi connectivity index (χ4n) is 3.11. The number of carbonyl (C=O) groups excluding carboxylic acids is 1. The van der Waals surface area contributed by atoms with Gasteiger partial charge in [-0.1, -0.05) is 0 Å². The molecule has 1 atom stereocenters. The number of fused-ring (bicyclic) bond motifs is 1. The number of aromatic nitrogens is 3. The SMILES string of the molecule is CN(C)C(=O)c1cnn2c([C@H]3CCCN3CCO)ccnc12. The number of hydrogen-bond acceptors (Lipinski definition) is 5. The predicted octanol–water partition coefficient (Wildman–Crippen LogP) is 0.560. The fraction of sp³-hybridized carbons (Fsp3) is 0.533. The second-order valence-electron chi connectivity index (χ2n) is 5.78. The summed E-state index contributed by atoms with van der Waals surface area (Å²) in [7, 11) is 3.44. The molecule has 0 spiro atoms. The number of amides is 1. The van der Waals surface area contributed by atoms with Crippen LogP contribution in [-0.2, 0) is 0 Å². The zero-order valence-corrected chi connectivity index (χ0v) is 12.9. The van der Waals surface area contributed by atoms with Crippen LogP contribution < -0.4 is 0 Å². The molecule has 1 aliphatic heterocycles. The number of aliphatic hydroxyl groups excluding tert-OH is 1. The van der Waals surface area contributed by atoms with Crippen LogP contribution >= 0.6 is 0 Å². The van der Waals surface area contributed by atoms with Gasteiger partial charge in [-0.15, -0.1) is 0 Å². The fourth-order valence-corrected chi connectivity index (χ4v) is 3.11. The lowest BCUT2D eigenvalue weighted by Crippen LogP contribution is -2.28. The van der Waals surface area contributed by atoms with E-state index >= 15 is 0 Å². The van der Waals surface area contributed by atoms with E-state index in [2.05, 4.69) is 15.0 Å². The lowest BCUT2D eigenvalue weighted by atomic mass is 10.1. The van der Waals surface area contributed by atoms with Crippen LogP contribution in [0.15, 0.2) is 18.5 Å². The Morgan fingerprint density at radius 1 is 1.50 bits per heavy atom.